The number of nitrogens with one attached hydrogen (secondary N) is 2. The Hall–Kier alpha value is -3.39. The number of benzene rings is 2. The third kappa shape index (κ3) is 6.62. The molecule has 0 bridgehead atoms. The molecule has 0 saturated heterocycles. The number of carbonyl (C=O) groups is 1. The molecule has 2 N–H and O–H groups in total. The van der Waals surface area contributed by atoms with Gasteiger partial charge in [0.25, 0.3) is 5.91 Å². The van der Waals surface area contributed by atoms with E-state index >= 15 is 0 Å². The van der Waals surface area contributed by atoms with Crippen LogP contribution in [-0.2, 0) is 23.2 Å². The number of hydrogen-bond donors (Lipinski definition) is 2. The number of nitrogens with zero attached hydrogens (tertiary/aromatic N) is 1. The second-order valence-corrected chi connectivity index (χ2v) is 8.14. The molecule has 150 valence electrons. The molecule has 0 atom stereocenters. The molecule has 0 unspecified atom stereocenters. The minimum atomic E-state index is -3.35. The number of rotatable bonds is 8. The molecule has 1 aromatic heterocycles. The lowest BCUT2D eigenvalue weighted by Crippen LogP contribution is -2.22. The molecule has 0 aliphatic rings. The van der Waals surface area contributed by atoms with Crippen molar-refractivity contribution in [3.8, 4) is 5.75 Å². The summed E-state index contributed by atoms with van der Waals surface area (Å²) in [7, 11) is -3.35. The van der Waals surface area contributed by atoms with Crippen LogP contribution in [0.15, 0.2) is 72.9 Å². The van der Waals surface area contributed by atoms with Crippen LogP contribution in [-0.4, -0.2) is 25.6 Å². The van der Waals surface area contributed by atoms with Gasteiger partial charge in [0.1, 0.15) is 12.4 Å². The minimum absolute atomic E-state index is 0.254. The minimum Gasteiger partial charge on any atom is -0.487 e. The highest BCUT2D eigenvalue weighted by Gasteiger charge is 2.07. The predicted octanol–water partition coefficient (Wildman–Crippen LogP) is 2.96. The fourth-order valence-electron chi connectivity index (χ4n) is 2.57. The Labute approximate surface area is 169 Å². The van der Waals surface area contributed by atoms with Crippen LogP contribution in [0.1, 0.15) is 21.6 Å². The van der Waals surface area contributed by atoms with E-state index < -0.39 is 10.0 Å². The van der Waals surface area contributed by atoms with E-state index in [9.17, 15) is 13.2 Å². The highest BCUT2D eigenvalue weighted by atomic mass is 32.2. The summed E-state index contributed by atoms with van der Waals surface area (Å²) in [6.07, 6.45) is 2.79. The molecule has 1 heterocycles. The Kier molecular flexibility index (Phi) is 6.46. The lowest BCUT2D eigenvalue weighted by Gasteiger charge is -2.09. The van der Waals surface area contributed by atoms with Crippen molar-refractivity contribution >= 4 is 21.6 Å². The molecular formula is C21H21N3O4S. The van der Waals surface area contributed by atoms with Crippen LogP contribution in [0.5, 0.6) is 5.75 Å². The van der Waals surface area contributed by atoms with Crippen molar-refractivity contribution in [3.63, 3.8) is 0 Å². The van der Waals surface area contributed by atoms with Gasteiger partial charge in [0.15, 0.2) is 0 Å². The smallest absolute Gasteiger partial charge is 0.251 e. The number of aromatic nitrogens is 1. The summed E-state index contributed by atoms with van der Waals surface area (Å²) in [4.78, 5) is 16.5. The maximum absolute atomic E-state index is 12.3. The number of carbonyl (C=O) groups excluding carboxylic acids is 1. The first-order valence-electron chi connectivity index (χ1n) is 8.87. The summed E-state index contributed by atoms with van der Waals surface area (Å²) in [6, 6.07) is 19.3. The molecule has 0 fully saturated rings. The lowest BCUT2D eigenvalue weighted by molar-refractivity contribution is 0.0951. The van der Waals surface area contributed by atoms with Crippen LogP contribution in [0.3, 0.4) is 0 Å². The third-order valence-corrected chi connectivity index (χ3v) is 4.52. The standard InChI is InChI=1S/C21H21N3O4S/c1-29(26,27)24-18-10-8-17(9-11-18)21(25)23-14-16-5-4-7-20(13-16)28-15-19-6-2-3-12-22-19/h2-13,24H,14-15H2,1H3,(H,23,25). The Morgan fingerprint density at radius 2 is 1.83 bits per heavy atom. The average Bonchev–Trinajstić information content (AvgIpc) is 2.71. The molecule has 3 aromatic rings. The monoisotopic (exact) mass is 411 g/mol. The van der Waals surface area contributed by atoms with Gasteiger partial charge in [0.2, 0.25) is 10.0 Å². The van der Waals surface area contributed by atoms with Crippen molar-refractivity contribution in [2.24, 2.45) is 0 Å². The molecule has 0 spiro atoms. The van der Waals surface area contributed by atoms with Gasteiger partial charge in [-0.3, -0.25) is 14.5 Å². The van der Waals surface area contributed by atoms with Gasteiger partial charge < -0.3 is 10.1 Å². The number of ether oxygens (including phenoxy) is 1. The molecule has 0 aliphatic heterocycles. The second kappa shape index (κ2) is 9.20. The van der Waals surface area contributed by atoms with Crippen molar-refractivity contribution in [1.29, 1.82) is 0 Å². The zero-order chi connectivity index (χ0) is 20.7. The van der Waals surface area contributed by atoms with Gasteiger partial charge in [0.05, 0.1) is 11.9 Å². The van der Waals surface area contributed by atoms with Gasteiger partial charge in [-0.05, 0) is 54.1 Å². The van der Waals surface area contributed by atoms with E-state index in [0.717, 1.165) is 17.5 Å². The number of hydrogen-bond acceptors (Lipinski definition) is 5. The molecule has 0 radical (unpaired) electrons. The summed E-state index contributed by atoms with van der Waals surface area (Å²) in [5.41, 5.74) is 2.57. The highest BCUT2D eigenvalue weighted by Crippen LogP contribution is 2.15. The van der Waals surface area contributed by atoms with Crippen molar-refractivity contribution in [2.75, 3.05) is 11.0 Å². The zero-order valence-corrected chi connectivity index (χ0v) is 16.6. The Morgan fingerprint density at radius 1 is 1.03 bits per heavy atom. The topological polar surface area (TPSA) is 97.4 Å². The van der Waals surface area contributed by atoms with Crippen LogP contribution in [0.2, 0.25) is 0 Å². The molecule has 1 amide bonds. The van der Waals surface area contributed by atoms with Crippen LogP contribution >= 0.6 is 0 Å². The number of sulfonamides is 1. The molecule has 2 aromatic carbocycles. The Bertz CT molecular complexity index is 1070. The van der Waals surface area contributed by atoms with Crippen molar-refractivity contribution < 1.29 is 17.9 Å². The van der Waals surface area contributed by atoms with Gasteiger partial charge in [-0.25, -0.2) is 8.42 Å². The summed E-state index contributed by atoms with van der Waals surface area (Å²) in [5, 5.41) is 2.84. The first-order valence-corrected chi connectivity index (χ1v) is 10.8. The van der Waals surface area contributed by atoms with Crippen molar-refractivity contribution in [3.05, 3.63) is 89.7 Å². The summed E-state index contributed by atoms with van der Waals surface area (Å²) in [6.45, 7) is 0.702. The van der Waals surface area contributed by atoms with E-state index in [0.29, 0.717) is 30.2 Å². The van der Waals surface area contributed by atoms with Crippen LogP contribution in [0.4, 0.5) is 5.69 Å². The maximum atomic E-state index is 12.3. The summed E-state index contributed by atoms with van der Waals surface area (Å²) < 4.78 is 30.6. The normalized spacial score (nSPS) is 10.9. The number of amides is 1. The van der Waals surface area contributed by atoms with E-state index in [2.05, 4.69) is 15.0 Å². The van der Waals surface area contributed by atoms with Crippen molar-refractivity contribution in [2.45, 2.75) is 13.2 Å². The van der Waals surface area contributed by atoms with Crippen LogP contribution in [0.25, 0.3) is 0 Å². The van der Waals surface area contributed by atoms with Crippen LogP contribution in [0, 0.1) is 0 Å². The third-order valence-electron chi connectivity index (χ3n) is 3.91. The fourth-order valence-corrected chi connectivity index (χ4v) is 3.14. The molecule has 3 rings (SSSR count). The molecule has 7 nitrogen and oxygen atoms in total. The fraction of sp³-hybridized carbons (Fsp3) is 0.143. The Balaban J connectivity index is 1.54. The SMILES string of the molecule is CS(=O)(=O)Nc1ccc(C(=O)NCc2cccc(OCc3ccccn3)c2)cc1. The molecular weight excluding hydrogens is 390 g/mol. The first-order chi connectivity index (χ1) is 13.9. The second-order valence-electron chi connectivity index (χ2n) is 6.39. The van der Waals surface area contributed by atoms with Gasteiger partial charge >= 0.3 is 0 Å². The van der Waals surface area contributed by atoms with E-state index in [-0.39, 0.29) is 5.91 Å². The number of pyridine rings is 1. The maximum Gasteiger partial charge on any atom is 0.251 e. The largest absolute Gasteiger partial charge is 0.487 e. The van der Waals surface area contributed by atoms with Crippen LogP contribution < -0.4 is 14.8 Å². The first kappa shape index (κ1) is 20.3. The molecule has 0 saturated carbocycles. The predicted molar refractivity (Wildman–Crippen MR) is 111 cm³/mol. The Morgan fingerprint density at radius 3 is 2.52 bits per heavy atom. The van der Waals surface area contributed by atoms with Gasteiger partial charge in [-0.2, -0.15) is 0 Å². The van der Waals surface area contributed by atoms with E-state index in [4.69, 9.17) is 4.74 Å². The zero-order valence-electron chi connectivity index (χ0n) is 15.8. The van der Waals surface area contributed by atoms with Gasteiger partial charge in [-0.1, -0.05) is 18.2 Å². The van der Waals surface area contributed by atoms with Gasteiger partial charge in [-0.15, -0.1) is 0 Å². The van der Waals surface area contributed by atoms with E-state index in [1.54, 1.807) is 30.5 Å². The lowest BCUT2D eigenvalue weighted by atomic mass is 10.1. The highest BCUT2D eigenvalue weighted by molar-refractivity contribution is 7.92. The number of anilines is 1. The van der Waals surface area contributed by atoms with E-state index in [1.165, 1.54) is 0 Å². The average molecular weight is 411 g/mol. The van der Waals surface area contributed by atoms with Crippen molar-refractivity contribution in [1.82, 2.24) is 10.3 Å². The molecule has 29 heavy (non-hydrogen) atoms. The summed E-state index contributed by atoms with van der Waals surface area (Å²) in [5.74, 6) is 0.439. The quantitative estimate of drug-likeness (QED) is 0.594. The van der Waals surface area contributed by atoms with E-state index in [1.807, 2.05) is 42.5 Å². The molecule has 8 heteroatoms. The van der Waals surface area contributed by atoms with Gasteiger partial charge in [0, 0.05) is 24.0 Å². The molecule has 0 aliphatic carbocycles. The summed E-state index contributed by atoms with van der Waals surface area (Å²) >= 11 is 0.